The molecular formula is C13H11IO6. The fraction of sp³-hybridized carbons (Fsp3) is 0.154. The molecule has 0 spiro atoms. The Morgan fingerprint density at radius 2 is 1.90 bits per heavy atom. The van der Waals surface area contributed by atoms with Gasteiger partial charge in [0.05, 0.1) is 25.4 Å². The van der Waals surface area contributed by atoms with Gasteiger partial charge in [-0.3, -0.25) is 4.79 Å². The summed E-state index contributed by atoms with van der Waals surface area (Å²) in [5.41, 5.74) is 0.261. The molecule has 0 fully saturated rings. The number of aromatic hydroxyl groups is 1. The number of benzene rings is 1. The second-order valence-electron chi connectivity index (χ2n) is 3.55. The molecule has 6 nitrogen and oxygen atoms in total. The topological polar surface area (TPSA) is 89.9 Å². The summed E-state index contributed by atoms with van der Waals surface area (Å²) < 4.78 is 9.41. The minimum atomic E-state index is -0.754. The maximum atomic E-state index is 11.7. The highest BCUT2D eigenvalue weighted by molar-refractivity contribution is 14.1. The Morgan fingerprint density at radius 1 is 1.25 bits per heavy atom. The van der Waals surface area contributed by atoms with E-state index in [2.05, 4.69) is 9.47 Å². The van der Waals surface area contributed by atoms with E-state index in [4.69, 9.17) is 0 Å². The van der Waals surface area contributed by atoms with Crippen molar-refractivity contribution < 1.29 is 29.0 Å². The zero-order chi connectivity index (χ0) is 15.3. The zero-order valence-electron chi connectivity index (χ0n) is 10.7. The smallest absolute Gasteiger partial charge is 0.338 e. The first-order valence-corrected chi connectivity index (χ1v) is 6.39. The number of rotatable bonds is 4. The molecule has 0 aliphatic heterocycles. The molecule has 106 valence electrons. The molecule has 1 rings (SSSR count). The molecule has 0 unspecified atom stereocenters. The largest absolute Gasteiger partial charge is 0.507 e. The standard InChI is InChI=1S/C13H11IO6/c1-19-11(17)5-8(13(18)20-2)7-3-4-10(16)9(6-15)12(7)14/h3-6,16H,1-2H3. The van der Waals surface area contributed by atoms with Crippen LogP contribution in [-0.4, -0.2) is 37.6 Å². The number of aldehydes is 1. The first-order chi connectivity index (χ1) is 9.46. The lowest BCUT2D eigenvalue weighted by Crippen LogP contribution is -2.09. The molecule has 0 amide bonds. The van der Waals surface area contributed by atoms with Crippen LogP contribution in [0, 0.1) is 3.57 Å². The van der Waals surface area contributed by atoms with Gasteiger partial charge in [0.25, 0.3) is 0 Å². The van der Waals surface area contributed by atoms with Gasteiger partial charge < -0.3 is 14.6 Å². The number of hydrogen-bond donors (Lipinski definition) is 1. The molecule has 0 radical (unpaired) electrons. The lowest BCUT2D eigenvalue weighted by atomic mass is 10.0. The van der Waals surface area contributed by atoms with Crippen molar-refractivity contribution in [1.82, 2.24) is 0 Å². The van der Waals surface area contributed by atoms with Crippen molar-refractivity contribution >= 4 is 46.4 Å². The van der Waals surface area contributed by atoms with Gasteiger partial charge in [0.1, 0.15) is 5.75 Å². The molecule has 0 saturated heterocycles. The van der Waals surface area contributed by atoms with Crippen LogP contribution in [0.25, 0.3) is 5.57 Å². The van der Waals surface area contributed by atoms with Crippen molar-refractivity contribution in [2.45, 2.75) is 0 Å². The molecule has 0 heterocycles. The second-order valence-corrected chi connectivity index (χ2v) is 4.63. The van der Waals surface area contributed by atoms with E-state index in [0.29, 0.717) is 15.4 Å². The molecule has 1 aromatic carbocycles. The summed E-state index contributed by atoms with van der Waals surface area (Å²) in [5, 5.41) is 9.56. The number of phenolic OH excluding ortho intramolecular Hbond substituents is 1. The lowest BCUT2D eigenvalue weighted by molar-refractivity contribution is -0.136. The highest BCUT2D eigenvalue weighted by Crippen LogP contribution is 2.29. The Labute approximate surface area is 128 Å². The van der Waals surface area contributed by atoms with Crippen molar-refractivity contribution in [1.29, 1.82) is 0 Å². The molecule has 1 aromatic rings. The van der Waals surface area contributed by atoms with E-state index in [0.717, 1.165) is 6.08 Å². The maximum absolute atomic E-state index is 11.7. The molecule has 0 aromatic heterocycles. The van der Waals surface area contributed by atoms with Gasteiger partial charge in [0.2, 0.25) is 0 Å². The number of hydrogen-bond acceptors (Lipinski definition) is 6. The number of esters is 2. The summed E-state index contributed by atoms with van der Waals surface area (Å²) in [7, 11) is 2.34. The Balaban J connectivity index is 3.50. The average Bonchev–Trinajstić information content (AvgIpc) is 2.45. The Bertz CT molecular complexity index is 591. The van der Waals surface area contributed by atoms with Gasteiger partial charge in [0, 0.05) is 15.2 Å². The monoisotopic (exact) mass is 390 g/mol. The van der Waals surface area contributed by atoms with Crippen molar-refractivity contribution in [2.24, 2.45) is 0 Å². The van der Waals surface area contributed by atoms with Crippen LogP contribution >= 0.6 is 22.6 Å². The van der Waals surface area contributed by atoms with Crippen LogP contribution in [0.5, 0.6) is 5.75 Å². The molecule has 0 saturated carbocycles. The van der Waals surface area contributed by atoms with E-state index in [-0.39, 0.29) is 16.9 Å². The number of methoxy groups -OCH3 is 2. The summed E-state index contributed by atoms with van der Waals surface area (Å²) in [5.74, 6) is -1.70. The van der Waals surface area contributed by atoms with E-state index in [1.165, 1.54) is 26.4 Å². The van der Waals surface area contributed by atoms with E-state index in [9.17, 15) is 19.5 Å². The van der Waals surface area contributed by atoms with E-state index in [1.54, 1.807) is 22.6 Å². The molecule has 7 heteroatoms. The van der Waals surface area contributed by atoms with Crippen LogP contribution in [0.1, 0.15) is 15.9 Å². The molecular weight excluding hydrogens is 379 g/mol. The Kier molecular flexibility index (Phi) is 5.68. The minimum absolute atomic E-state index is 0.0303. The van der Waals surface area contributed by atoms with Crippen LogP contribution in [0.2, 0.25) is 0 Å². The van der Waals surface area contributed by atoms with Gasteiger partial charge >= 0.3 is 11.9 Å². The van der Waals surface area contributed by atoms with Crippen LogP contribution in [0.15, 0.2) is 18.2 Å². The molecule has 20 heavy (non-hydrogen) atoms. The fourth-order valence-corrected chi connectivity index (χ4v) is 2.31. The highest BCUT2D eigenvalue weighted by atomic mass is 127. The zero-order valence-corrected chi connectivity index (χ0v) is 12.8. The number of phenols is 1. The molecule has 1 N–H and O–H groups in total. The van der Waals surface area contributed by atoms with Gasteiger partial charge in [-0.05, 0) is 34.7 Å². The third kappa shape index (κ3) is 3.35. The molecule has 0 aliphatic carbocycles. The van der Waals surface area contributed by atoms with Crippen LogP contribution in [-0.2, 0) is 19.1 Å². The van der Waals surface area contributed by atoms with Gasteiger partial charge in [-0.1, -0.05) is 0 Å². The van der Waals surface area contributed by atoms with Gasteiger partial charge in [-0.15, -0.1) is 0 Å². The Hall–Kier alpha value is -1.90. The Morgan fingerprint density at radius 3 is 2.40 bits per heavy atom. The first-order valence-electron chi connectivity index (χ1n) is 5.31. The average molecular weight is 390 g/mol. The fourth-order valence-electron chi connectivity index (χ4n) is 1.44. The highest BCUT2D eigenvalue weighted by Gasteiger charge is 2.20. The van der Waals surface area contributed by atoms with E-state index in [1.807, 2.05) is 0 Å². The van der Waals surface area contributed by atoms with Gasteiger partial charge in [-0.25, -0.2) is 9.59 Å². The predicted octanol–water partition coefficient (Wildman–Crippen LogP) is 1.54. The van der Waals surface area contributed by atoms with Crippen molar-refractivity contribution in [3.63, 3.8) is 0 Å². The van der Waals surface area contributed by atoms with E-state index >= 15 is 0 Å². The summed E-state index contributed by atoms with van der Waals surface area (Å²) in [4.78, 5) is 34.0. The summed E-state index contributed by atoms with van der Waals surface area (Å²) in [6.45, 7) is 0. The molecule has 0 aliphatic rings. The predicted molar refractivity (Wildman–Crippen MR) is 78.2 cm³/mol. The lowest BCUT2D eigenvalue weighted by Gasteiger charge is -2.10. The molecule has 0 atom stereocenters. The van der Waals surface area contributed by atoms with Crippen LogP contribution in [0.3, 0.4) is 0 Å². The third-order valence-corrected chi connectivity index (χ3v) is 3.60. The quantitative estimate of drug-likeness (QED) is 0.363. The number of halogens is 1. The SMILES string of the molecule is COC(=O)C=C(C(=O)OC)c1ccc(O)c(C=O)c1I. The van der Waals surface area contributed by atoms with Crippen LogP contribution < -0.4 is 0 Å². The van der Waals surface area contributed by atoms with Crippen LogP contribution in [0.4, 0.5) is 0 Å². The first kappa shape index (κ1) is 16.2. The van der Waals surface area contributed by atoms with Gasteiger partial charge in [-0.2, -0.15) is 0 Å². The molecule has 0 bridgehead atoms. The van der Waals surface area contributed by atoms with E-state index < -0.39 is 11.9 Å². The number of carbonyl (C=O) groups excluding carboxylic acids is 3. The van der Waals surface area contributed by atoms with Gasteiger partial charge in [0.15, 0.2) is 6.29 Å². The van der Waals surface area contributed by atoms with Crippen molar-refractivity contribution in [3.8, 4) is 5.75 Å². The second kappa shape index (κ2) is 7.04. The summed E-state index contributed by atoms with van der Waals surface area (Å²) in [6.07, 6.45) is 1.43. The number of carbonyl (C=O) groups is 3. The minimum Gasteiger partial charge on any atom is -0.507 e. The normalized spacial score (nSPS) is 10.8. The summed E-state index contributed by atoms with van der Waals surface area (Å²) >= 11 is 1.80. The maximum Gasteiger partial charge on any atom is 0.338 e. The van der Waals surface area contributed by atoms with Crippen molar-refractivity contribution in [2.75, 3.05) is 14.2 Å². The number of ether oxygens (including phenoxy) is 2. The summed E-state index contributed by atoms with van der Waals surface area (Å²) in [6, 6.07) is 2.67. The van der Waals surface area contributed by atoms with Crippen molar-refractivity contribution in [3.05, 3.63) is 32.9 Å². The third-order valence-electron chi connectivity index (χ3n) is 2.43.